The van der Waals surface area contributed by atoms with E-state index in [-0.39, 0.29) is 17.1 Å². The summed E-state index contributed by atoms with van der Waals surface area (Å²) in [6, 6.07) is 19.8. The summed E-state index contributed by atoms with van der Waals surface area (Å²) >= 11 is 0. The van der Waals surface area contributed by atoms with Crippen molar-refractivity contribution in [3.05, 3.63) is 60.2 Å². The third-order valence-corrected chi connectivity index (χ3v) is 1.57. The topological polar surface area (TPSA) is 23.8 Å². The molecule has 0 radical (unpaired) electrons. The molecular formula is C12H11FeN+2. The molecular weight excluding hydrogens is 214 g/mol. The summed E-state index contributed by atoms with van der Waals surface area (Å²) in [6.07, 6.45) is 0.535. The molecule has 0 saturated heterocycles. The van der Waals surface area contributed by atoms with Crippen LogP contribution in [0.3, 0.4) is 0 Å². The maximum absolute atomic E-state index is 8.19. The molecule has 0 atom stereocenters. The van der Waals surface area contributed by atoms with Crippen molar-refractivity contribution >= 4 is 0 Å². The minimum Gasteiger partial charge on any atom is -0.214 e. The predicted molar refractivity (Wildman–Crippen MR) is 53.4 cm³/mol. The van der Waals surface area contributed by atoms with Gasteiger partial charge in [-0.2, -0.15) is 41.2 Å². The molecule has 0 heterocycles. The largest absolute Gasteiger partial charge is 4.00 e. The van der Waals surface area contributed by atoms with E-state index in [0.29, 0.717) is 6.42 Å². The average molecular weight is 225 g/mol. The second-order valence-electron chi connectivity index (χ2n) is 2.59. The molecule has 70 valence electrons. The fourth-order valence-corrected chi connectivity index (χ4v) is 0.944. The second-order valence-corrected chi connectivity index (χ2v) is 2.59. The summed E-state index contributed by atoms with van der Waals surface area (Å²) in [6.45, 7) is 0. The van der Waals surface area contributed by atoms with Crippen molar-refractivity contribution in [2.75, 3.05) is 0 Å². The quantitative estimate of drug-likeness (QED) is 0.540. The van der Waals surface area contributed by atoms with Crippen molar-refractivity contribution in [3.8, 4) is 6.07 Å². The molecule has 0 amide bonds. The molecule has 0 aromatic heterocycles. The Bertz CT molecular complexity index is 310. The van der Waals surface area contributed by atoms with Gasteiger partial charge in [0.05, 0.1) is 6.07 Å². The molecule has 1 nitrogen and oxygen atoms in total. The Hall–Kier alpha value is -1.29. The van der Waals surface area contributed by atoms with E-state index in [1.807, 2.05) is 54.6 Å². The summed E-state index contributed by atoms with van der Waals surface area (Å²) in [5.74, 6) is 0. The van der Waals surface area contributed by atoms with Crippen LogP contribution < -0.4 is 0 Å². The van der Waals surface area contributed by atoms with Crippen LogP contribution in [0.5, 0.6) is 0 Å². The van der Waals surface area contributed by atoms with Gasteiger partial charge in [0.25, 0.3) is 0 Å². The molecule has 0 aliphatic heterocycles. The van der Waals surface area contributed by atoms with Gasteiger partial charge in [0.2, 0.25) is 0 Å². The molecule has 0 spiro atoms. The van der Waals surface area contributed by atoms with E-state index < -0.39 is 0 Å². The molecule has 0 aliphatic carbocycles. The van der Waals surface area contributed by atoms with Crippen LogP contribution in [0.25, 0.3) is 0 Å². The fraction of sp³-hybridized carbons (Fsp3) is 0.0833. The Labute approximate surface area is 95.2 Å². The van der Waals surface area contributed by atoms with E-state index in [4.69, 9.17) is 5.26 Å². The summed E-state index contributed by atoms with van der Waals surface area (Å²) in [5.41, 5.74) is 1.10. The maximum atomic E-state index is 8.19. The van der Waals surface area contributed by atoms with Crippen molar-refractivity contribution in [2.24, 2.45) is 0 Å². The van der Waals surface area contributed by atoms with Crippen molar-refractivity contribution in [2.45, 2.75) is 6.42 Å². The third-order valence-electron chi connectivity index (χ3n) is 1.57. The van der Waals surface area contributed by atoms with Gasteiger partial charge in [-0.3, -0.25) is 0 Å². The zero-order chi connectivity index (χ0) is 9.36. The molecule has 2 rings (SSSR count). The minimum atomic E-state index is 0. The molecule has 0 N–H and O–H groups in total. The van der Waals surface area contributed by atoms with Crippen LogP contribution in [-0.4, -0.2) is 0 Å². The van der Waals surface area contributed by atoms with E-state index in [2.05, 4.69) is 6.07 Å². The van der Waals surface area contributed by atoms with Crippen LogP contribution in [0.4, 0.5) is 0 Å². The van der Waals surface area contributed by atoms with Gasteiger partial charge in [0.15, 0.2) is 0 Å². The Kier molecular flexibility index (Phi) is 7.55. The van der Waals surface area contributed by atoms with E-state index in [1.54, 1.807) is 0 Å². The standard InChI is InChI=1S/C7H6N.C5H5.Fe/c8-6-5-7-3-1-2-4-7;1-2-4-5-3-1;/h1-4H,5H2;1-5H;/q2*-1;+4. The molecule has 0 unspecified atom stereocenters. The van der Waals surface area contributed by atoms with Gasteiger partial charge in [0.1, 0.15) is 0 Å². The maximum Gasteiger partial charge on any atom is 4.00 e. The SMILES string of the molecule is N#CCc1ccc[cH-]1.[Fe+4].c1cc[cH-]c1. The van der Waals surface area contributed by atoms with E-state index in [1.165, 1.54) is 0 Å². The molecule has 2 aromatic carbocycles. The minimum absolute atomic E-state index is 0. The fourth-order valence-electron chi connectivity index (χ4n) is 0.944. The monoisotopic (exact) mass is 225 g/mol. The van der Waals surface area contributed by atoms with Crippen LogP contribution in [0.1, 0.15) is 5.56 Å². The smallest absolute Gasteiger partial charge is 0.214 e. The summed E-state index contributed by atoms with van der Waals surface area (Å²) in [7, 11) is 0. The third kappa shape index (κ3) is 5.37. The number of nitriles is 1. The van der Waals surface area contributed by atoms with E-state index >= 15 is 0 Å². The van der Waals surface area contributed by atoms with Crippen molar-refractivity contribution in [1.29, 1.82) is 5.26 Å². The second kappa shape index (κ2) is 8.31. The Morgan fingerprint density at radius 3 is 2.21 bits per heavy atom. The number of hydrogen-bond acceptors (Lipinski definition) is 1. The number of rotatable bonds is 1. The molecule has 0 fully saturated rings. The van der Waals surface area contributed by atoms with Gasteiger partial charge in [0, 0.05) is 6.42 Å². The zero-order valence-electron chi connectivity index (χ0n) is 7.70. The van der Waals surface area contributed by atoms with Crippen LogP contribution in [0.15, 0.2) is 54.6 Å². The van der Waals surface area contributed by atoms with Crippen molar-refractivity contribution in [3.63, 3.8) is 0 Å². The average Bonchev–Trinajstić information content (AvgIpc) is 2.79. The van der Waals surface area contributed by atoms with E-state index in [0.717, 1.165) is 5.56 Å². The van der Waals surface area contributed by atoms with E-state index in [9.17, 15) is 0 Å². The van der Waals surface area contributed by atoms with Crippen molar-refractivity contribution in [1.82, 2.24) is 0 Å². The van der Waals surface area contributed by atoms with Gasteiger partial charge >= 0.3 is 17.1 Å². The van der Waals surface area contributed by atoms with Gasteiger partial charge in [-0.05, 0) is 0 Å². The molecule has 0 bridgehead atoms. The molecule has 0 saturated carbocycles. The Morgan fingerprint density at radius 1 is 1.14 bits per heavy atom. The first-order chi connectivity index (χ1) is 6.43. The normalized spacial score (nSPS) is 7.64. The van der Waals surface area contributed by atoms with Crippen LogP contribution in [0.2, 0.25) is 0 Å². The summed E-state index contributed by atoms with van der Waals surface area (Å²) < 4.78 is 0. The Morgan fingerprint density at radius 2 is 1.86 bits per heavy atom. The first-order valence-corrected chi connectivity index (χ1v) is 4.17. The first-order valence-electron chi connectivity index (χ1n) is 4.17. The van der Waals surface area contributed by atoms with Gasteiger partial charge in [-0.25, -0.2) is 24.3 Å². The molecule has 14 heavy (non-hydrogen) atoms. The molecule has 2 heteroatoms. The van der Waals surface area contributed by atoms with Crippen molar-refractivity contribution < 1.29 is 17.1 Å². The van der Waals surface area contributed by atoms with Gasteiger partial charge in [-0.1, -0.05) is 0 Å². The van der Waals surface area contributed by atoms with Crippen LogP contribution >= 0.6 is 0 Å². The molecule has 0 aliphatic rings. The summed E-state index contributed by atoms with van der Waals surface area (Å²) in [4.78, 5) is 0. The predicted octanol–water partition coefficient (Wildman–Crippen LogP) is 2.87. The van der Waals surface area contributed by atoms with Gasteiger partial charge in [-0.15, -0.1) is 0 Å². The summed E-state index contributed by atoms with van der Waals surface area (Å²) in [5, 5.41) is 8.19. The Balaban J connectivity index is 0.000000246. The first kappa shape index (κ1) is 12.7. The number of nitrogens with zero attached hydrogens (tertiary/aromatic N) is 1. The van der Waals surface area contributed by atoms with Gasteiger partial charge < -0.3 is 0 Å². The molecule has 2 aromatic rings. The van der Waals surface area contributed by atoms with Crippen LogP contribution in [-0.2, 0) is 23.5 Å². The number of hydrogen-bond donors (Lipinski definition) is 0. The zero-order valence-corrected chi connectivity index (χ0v) is 8.81. The van der Waals surface area contributed by atoms with Crippen LogP contribution in [0, 0.1) is 11.3 Å².